The van der Waals surface area contributed by atoms with Gasteiger partial charge in [0, 0.05) is 9.11 Å². The standard InChI is InChI=1S/C12H16IN5/c1-12(2,3)14-8-11-15-16-17-18(11)10-6-4-9(13)5-7-10/h4-7,14H,8H2,1-3H3. The minimum atomic E-state index is 0.0445. The lowest BCUT2D eigenvalue weighted by atomic mass is 10.1. The Hall–Kier alpha value is -1.02. The lowest BCUT2D eigenvalue weighted by Gasteiger charge is -2.19. The van der Waals surface area contributed by atoms with Gasteiger partial charge in [-0.25, -0.2) is 0 Å². The molecule has 0 spiro atoms. The van der Waals surface area contributed by atoms with Gasteiger partial charge in [-0.2, -0.15) is 4.68 Å². The highest BCUT2D eigenvalue weighted by atomic mass is 127. The number of hydrogen-bond donors (Lipinski definition) is 1. The number of hydrogen-bond acceptors (Lipinski definition) is 4. The zero-order chi connectivity index (χ0) is 13.2. The van der Waals surface area contributed by atoms with Crippen molar-refractivity contribution >= 4 is 22.6 Å². The number of benzene rings is 1. The van der Waals surface area contributed by atoms with E-state index in [4.69, 9.17) is 0 Å². The summed E-state index contributed by atoms with van der Waals surface area (Å²) in [5.74, 6) is 0.811. The van der Waals surface area contributed by atoms with Gasteiger partial charge in [-0.1, -0.05) is 0 Å². The summed E-state index contributed by atoms with van der Waals surface area (Å²) in [7, 11) is 0. The Balaban J connectivity index is 2.20. The van der Waals surface area contributed by atoms with Gasteiger partial charge in [-0.05, 0) is 78.1 Å². The van der Waals surface area contributed by atoms with E-state index in [1.807, 2.05) is 24.3 Å². The first-order valence-corrected chi connectivity index (χ1v) is 6.82. The summed E-state index contributed by atoms with van der Waals surface area (Å²) in [6.45, 7) is 6.99. The van der Waals surface area contributed by atoms with Crippen LogP contribution in [-0.2, 0) is 6.54 Å². The third kappa shape index (κ3) is 3.49. The Morgan fingerprint density at radius 3 is 2.50 bits per heavy atom. The predicted octanol–water partition coefficient (Wildman–Crippen LogP) is 2.15. The maximum Gasteiger partial charge on any atom is 0.170 e. The highest BCUT2D eigenvalue weighted by molar-refractivity contribution is 14.1. The van der Waals surface area contributed by atoms with Crippen LogP contribution in [0.5, 0.6) is 0 Å². The van der Waals surface area contributed by atoms with E-state index in [1.54, 1.807) is 4.68 Å². The van der Waals surface area contributed by atoms with Crippen molar-refractivity contribution in [1.82, 2.24) is 25.5 Å². The van der Waals surface area contributed by atoms with Gasteiger partial charge in [0.05, 0.1) is 12.2 Å². The first kappa shape index (κ1) is 13.4. The van der Waals surface area contributed by atoms with Gasteiger partial charge in [-0.3, -0.25) is 0 Å². The molecule has 0 amide bonds. The van der Waals surface area contributed by atoms with Crippen LogP contribution < -0.4 is 5.32 Å². The van der Waals surface area contributed by atoms with Gasteiger partial charge in [0.25, 0.3) is 0 Å². The molecule has 0 radical (unpaired) electrons. The molecule has 6 heteroatoms. The van der Waals surface area contributed by atoms with Gasteiger partial charge >= 0.3 is 0 Å². The monoisotopic (exact) mass is 357 g/mol. The number of nitrogens with one attached hydrogen (secondary N) is 1. The molecule has 0 saturated heterocycles. The molecule has 2 rings (SSSR count). The Bertz CT molecular complexity index is 512. The molecule has 5 nitrogen and oxygen atoms in total. The van der Waals surface area contributed by atoms with E-state index in [2.05, 4.69) is 64.2 Å². The number of aromatic nitrogens is 4. The van der Waals surface area contributed by atoms with Crippen molar-refractivity contribution in [1.29, 1.82) is 0 Å². The van der Waals surface area contributed by atoms with E-state index in [0.29, 0.717) is 6.54 Å². The van der Waals surface area contributed by atoms with Gasteiger partial charge in [0.1, 0.15) is 0 Å². The van der Waals surface area contributed by atoms with Crippen LogP contribution in [0, 0.1) is 3.57 Å². The number of tetrazole rings is 1. The van der Waals surface area contributed by atoms with Crippen LogP contribution in [-0.4, -0.2) is 25.7 Å². The van der Waals surface area contributed by atoms with E-state index in [9.17, 15) is 0 Å². The molecule has 0 atom stereocenters. The van der Waals surface area contributed by atoms with Gasteiger partial charge in [0.2, 0.25) is 0 Å². The Morgan fingerprint density at radius 2 is 1.89 bits per heavy atom. The average Bonchev–Trinajstić information content (AvgIpc) is 2.75. The molecule has 0 saturated carbocycles. The summed E-state index contributed by atoms with van der Waals surface area (Å²) >= 11 is 2.28. The molecule has 0 bridgehead atoms. The zero-order valence-electron chi connectivity index (χ0n) is 10.7. The molecule has 1 aromatic carbocycles. The maximum absolute atomic E-state index is 4.06. The first-order chi connectivity index (χ1) is 8.46. The topological polar surface area (TPSA) is 55.6 Å². The molecule has 1 heterocycles. The summed E-state index contributed by atoms with van der Waals surface area (Å²) in [6.07, 6.45) is 0. The molecular weight excluding hydrogens is 341 g/mol. The molecule has 0 aliphatic rings. The summed E-state index contributed by atoms with van der Waals surface area (Å²) in [5.41, 5.74) is 1.02. The molecule has 2 aromatic rings. The lowest BCUT2D eigenvalue weighted by Crippen LogP contribution is -2.35. The summed E-state index contributed by atoms with van der Waals surface area (Å²) in [4.78, 5) is 0. The van der Waals surface area contributed by atoms with Gasteiger partial charge in [-0.15, -0.1) is 5.10 Å². The van der Waals surface area contributed by atoms with E-state index < -0.39 is 0 Å². The molecule has 0 unspecified atom stereocenters. The minimum Gasteiger partial charge on any atom is -0.305 e. The molecule has 96 valence electrons. The molecule has 18 heavy (non-hydrogen) atoms. The van der Waals surface area contributed by atoms with E-state index in [0.717, 1.165) is 11.5 Å². The normalized spacial score (nSPS) is 11.8. The van der Waals surface area contributed by atoms with Crippen LogP contribution in [0.25, 0.3) is 5.69 Å². The summed E-state index contributed by atoms with van der Waals surface area (Å²) < 4.78 is 2.95. The van der Waals surface area contributed by atoms with Gasteiger partial charge in [0.15, 0.2) is 5.82 Å². The fraction of sp³-hybridized carbons (Fsp3) is 0.417. The number of halogens is 1. The highest BCUT2D eigenvalue weighted by Crippen LogP contribution is 2.12. The molecule has 0 aliphatic carbocycles. The molecule has 1 N–H and O–H groups in total. The average molecular weight is 357 g/mol. The van der Waals surface area contributed by atoms with Crippen molar-refractivity contribution in [2.75, 3.05) is 0 Å². The van der Waals surface area contributed by atoms with Crippen LogP contribution in [0.4, 0.5) is 0 Å². The van der Waals surface area contributed by atoms with Crippen molar-refractivity contribution in [2.45, 2.75) is 32.9 Å². The first-order valence-electron chi connectivity index (χ1n) is 5.74. The second-order valence-electron chi connectivity index (χ2n) is 5.09. The Morgan fingerprint density at radius 1 is 1.22 bits per heavy atom. The second-order valence-corrected chi connectivity index (χ2v) is 6.33. The molecule has 0 aliphatic heterocycles. The number of nitrogens with zero attached hydrogens (tertiary/aromatic N) is 4. The molecular formula is C12H16IN5. The second kappa shape index (κ2) is 5.31. The summed E-state index contributed by atoms with van der Waals surface area (Å²) in [6, 6.07) is 8.11. The SMILES string of the molecule is CC(C)(C)NCc1nnnn1-c1ccc(I)cc1. The molecule has 1 aromatic heterocycles. The quantitative estimate of drug-likeness (QED) is 0.856. The van der Waals surface area contributed by atoms with Crippen LogP contribution >= 0.6 is 22.6 Å². The van der Waals surface area contributed by atoms with Crippen LogP contribution in [0.1, 0.15) is 26.6 Å². The Labute approximate surface area is 120 Å². The van der Waals surface area contributed by atoms with Crippen LogP contribution in [0.15, 0.2) is 24.3 Å². The zero-order valence-corrected chi connectivity index (χ0v) is 12.8. The fourth-order valence-electron chi connectivity index (χ4n) is 1.44. The van der Waals surface area contributed by atoms with E-state index in [-0.39, 0.29) is 5.54 Å². The minimum absolute atomic E-state index is 0.0445. The third-order valence-corrected chi connectivity index (χ3v) is 3.10. The van der Waals surface area contributed by atoms with Crippen molar-refractivity contribution in [3.8, 4) is 5.69 Å². The fourth-order valence-corrected chi connectivity index (χ4v) is 1.80. The highest BCUT2D eigenvalue weighted by Gasteiger charge is 2.13. The van der Waals surface area contributed by atoms with Crippen LogP contribution in [0.3, 0.4) is 0 Å². The third-order valence-electron chi connectivity index (χ3n) is 2.38. The van der Waals surface area contributed by atoms with Crippen molar-refractivity contribution in [3.63, 3.8) is 0 Å². The molecule has 0 fully saturated rings. The largest absolute Gasteiger partial charge is 0.305 e. The van der Waals surface area contributed by atoms with E-state index >= 15 is 0 Å². The van der Waals surface area contributed by atoms with E-state index in [1.165, 1.54) is 3.57 Å². The van der Waals surface area contributed by atoms with Crippen molar-refractivity contribution in [2.24, 2.45) is 0 Å². The smallest absolute Gasteiger partial charge is 0.170 e. The van der Waals surface area contributed by atoms with Crippen molar-refractivity contribution in [3.05, 3.63) is 33.7 Å². The van der Waals surface area contributed by atoms with Crippen LogP contribution in [0.2, 0.25) is 0 Å². The van der Waals surface area contributed by atoms with Crippen molar-refractivity contribution < 1.29 is 0 Å². The Kier molecular flexibility index (Phi) is 3.96. The summed E-state index contributed by atoms with van der Waals surface area (Å²) in [5, 5.41) is 15.2. The van der Waals surface area contributed by atoms with Gasteiger partial charge < -0.3 is 5.32 Å². The lowest BCUT2D eigenvalue weighted by molar-refractivity contribution is 0.415. The maximum atomic E-state index is 4.06. The number of rotatable bonds is 3. The predicted molar refractivity (Wildman–Crippen MR) is 78.5 cm³/mol.